The molecule has 8 heteroatoms. The number of carbonyl (C=O) groups excluding carboxylic acids is 2. The molecule has 0 bridgehead atoms. The second kappa shape index (κ2) is 7.99. The van der Waals surface area contributed by atoms with E-state index in [4.69, 9.17) is 0 Å². The number of anilines is 1. The van der Waals surface area contributed by atoms with E-state index in [0.29, 0.717) is 16.8 Å². The highest BCUT2D eigenvalue weighted by atomic mass is 19.1. The van der Waals surface area contributed by atoms with Gasteiger partial charge < -0.3 is 10.6 Å². The Hall–Kier alpha value is -3.55. The van der Waals surface area contributed by atoms with Crippen LogP contribution in [0.15, 0.2) is 53.6 Å². The molecular formula is C20H19FN4O3. The third-order valence-corrected chi connectivity index (χ3v) is 3.97. The Morgan fingerprint density at radius 3 is 2.68 bits per heavy atom. The van der Waals surface area contributed by atoms with E-state index in [-0.39, 0.29) is 23.9 Å². The van der Waals surface area contributed by atoms with Gasteiger partial charge >= 0.3 is 0 Å². The van der Waals surface area contributed by atoms with E-state index < -0.39 is 17.3 Å². The maximum atomic E-state index is 13.4. The average Bonchev–Trinajstić information content (AvgIpc) is 2.64. The Morgan fingerprint density at radius 1 is 1.18 bits per heavy atom. The summed E-state index contributed by atoms with van der Waals surface area (Å²) in [5.74, 6) is -1.38. The minimum absolute atomic E-state index is 0.0566. The van der Waals surface area contributed by atoms with Crippen LogP contribution in [0.1, 0.15) is 24.2 Å². The van der Waals surface area contributed by atoms with Gasteiger partial charge in [0, 0.05) is 6.04 Å². The van der Waals surface area contributed by atoms with Gasteiger partial charge in [-0.25, -0.2) is 9.37 Å². The number of amides is 2. The van der Waals surface area contributed by atoms with Crippen molar-refractivity contribution in [1.29, 1.82) is 0 Å². The van der Waals surface area contributed by atoms with Crippen LogP contribution in [0.25, 0.3) is 10.9 Å². The number of aromatic nitrogens is 2. The highest BCUT2D eigenvalue weighted by Gasteiger charge is 2.15. The van der Waals surface area contributed by atoms with Gasteiger partial charge in [-0.15, -0.1) is 0 Å². The molecule has 0 aliphatic rings. The van der Waals surface area contributed by atoms with Crippen LogP contribution in [0.5, 0.6) is 0 Å². The molecule has 3 rings (SSSR count). The molecule has 3 aromatic rings. The Labute approximate surface area is 160 Å². The van der Waals surface area contributed by atoms with E-state index in [1.165, 1.54) is 18.5 Å². The monoisotopic (exact) mass is 382 g/mol. The van der Waals surface area contributed by atoms with E-state index in [0.717, 1.165) is 10.6 Å². The van der Waals surface area contributed by atoms with Gasteiger partial charge in [0.25, 0.3) is 11.5 Å². The van der Waals surface area contributed by atoms with E-state index in [1.807, 2.05) is 13.8 Å². The molecule has 0 fully saturated rings. The summed E-state index contributed by atoms with van der Waals surface area (Å²) in [6, 6.07) is 10.2. The molecule has 0 saturated heterocycles. The lowest BCUT2D eigenvalue weighted by atomic mass is 10.1. The molecule has 0 radical (unpaired) electrons. The summed E-state index contributed by atoms with van der Waals surface area (Å²) < 4.78 is 14.5. The molecule has 144 valence electrons. The number of nitrogens with one attached hydrogen (secondary N) is 2. The van der Waals surface area contributed by atoms with Crippen molar-refractivity contribution in [1.82, 2.24) is 14.9 Å². The minimum Gasteiger partial charge on any atom is -0.350 e. The van der Waals surface area contributed by atoms with Crippen molar-refractivity contribution < 1.29 is 14.0 Å². The standard InChI is InChI=1S/C20H19FN4O3/c1-12(2)23-19(27)14-5-3-4-6-17(14)24-18(26)10-25-11-22-16-8-7-13(21)9-15(16)20(25)28/h3-9,11-12H,10H2,1-2H3,(H,23,27)(H,24,26). The van der Waals surface area contributed by atoms with Crippen LogP contribution < -0.4 is 16.2 Å². The third kappa shape index (κ3) is 4.22. The van der Waals surface area contributed by atoms with Gasteiger partial charge in [0.05, 0.1) is 28.5 Å². The first kappa shape index (κ1) is 19.2. The number of benzene rings is 2. The van der Waals surface area contributed by atoms with Crippen molar-refractivity contribution in [3.8, 4) is 0 Å². The Kier molecular flexibility index (Phi) is 5.49. The van der Waals surface area contributed by atoms with Crippen molar-refractivity contribution in [2.24, 2.45) is 0 Å². The zero-order chi connectivity index (χ0) is 20.3. The SMILES string of the molecule is CC(C)NC(=O)c1ccccc1NC(=O)Cn1cnc2ccc(F)cc2c1=O. The van der Waals surface area contributed by atoms with Crippen molar-refractivity contribution in [2.75, 3.05) is 5.32 Å². The second-order valence-electron chi connectivity index (χ2n) is 6.56. The molecule has 0 unspecified atom stereocenters. The van der Waals surface area contributed by atoms with Crippen LogP contribution in [0.4, 0.5) is 10.1 Å². The van der Waals surface area contributed by atoms with Crippen LogP contribution in [-0.2, 0) is 11.3 Å². The number of rotatable bonds is 5. The van der Waals surface area contributed by atoms with Gasteiger partial charge in [0.2, 0.25) is 5.91 Å². The molecule has 7 nitrogen and oxygen atoms in total. The average molecular weight is 382 g/mol. The molecule has 0 aliphatic heterocycles. The maximum Gasteiger partial charge on any atom is 0.261 e. The minimum atomic E-state index is -0.557. The number of nitrogens with zero attached hydrogens (tertiary/aromatic N) is 2. The Bertz CT molecular complexity index is 1110. The van der Waals surface area contributed by atoms with Crippen LogP contribution in [0.2, 0.25) is 0 Å². The third-order valence-electron chi connectivity index (χ3n) is 3.97. The summed E-state index contributed by atoms with van der Waals surface area (Å²) in [7, 11) is 0. The van der Waals surface area contributed by atoms with Crippen molar-refractivity contribution in [2.45, 2.75) is 26.4 Å². The molecule has 0 saturated carbocycles. The lowest BCUT2D eigenvalue weighted by Gasteiger charge is -2.13. The zero-order valence-corrected chi connectivity index (χ0v) is 15.4. The molecule has 2 N–H and O–H groups in total. The predicted octanol–water partition coefficient (Wildman–Crippen LogP) is 2.31. The molecule has 0 spiro atoms. The maximum absolute atomic E-state index is 13.4. The molecule has 1 heterocycles. The first-order chi connectivity index (χ1) is 13.3. The number of carbonyl (C=O) groups is 2. The number of para-hydroxylation sites is 1. The predicted molar refractivity (Wildman–Crippen MR) is 104 cm³/mol. The van der Waals surface area contributed by atoms with Gasteiger partial charge in [-0.05, 0) is 44.2 Å². The van der Waals surface area contributed by atoms with Gasteiger partial charge in [0.1, 0.15) is 12.4 Å². The van der Waals surface area contributed by atoms with Gasteiger partial charge in [-0.2, -0.15) is 0 Å². The molecule has 28 heavy (non-hydrogen) atoms. The van der Waals surface area contributed by atoms with Crippen molar-refractivity contribution >= 4 is 28.4 Å². The Balaban J connectivity index is 1.82. The smallest absolute Gasteiger partial charge is 0.261 e. The van der Waals surface area contributed by atoms with Crippen molar-refractivity contribution in [3.63, 3.8) is 0 Å². The van der Waals surface area contributed by atoms with Crippen molar-refractivity contribution in [3.05, 3.63) is 70.5 Å². The normalized spacial score (nSPS) is 10.9. The van der Waals surface area contributed by atoms with Gasteiger partial charge in [0.15, 0.2) is 0 Å². The summed E-state index contributed by atoms with van der Waals surface area (Å²) in [6.45, 7) is 3.35. The summed E-state index contributed by atoms with van der Waals surface area (Å²) in [5.41, 5.74) is 0.471. The summed E-state index contributed by atoms with van der Waals surface area (Å²) in [5, 5.41) is 5.49. The second-order valence-corrected chi connectivity index (χ2v) is 6.56. The number of halogens is 1. The van der Waals surface area contributed by atoms with E-state index in [2.05, 4.69) is 15.6 Å². The van der Waals surface area contributed by atoms with E-state index in [1.54, 1.807) is 24.3 Å². The highest BCUT2D eigenvalue weighted by Crippen LogP contribution is 2.15. The number of fused-ring (bicyclic) bond motifs is 1. The van der Waals surface area contributed by atoms with Crippen LogP contribution in [0.3, 0.4) is 0 Å². The quantitative estimate of drug-likeness (QED) is 0.708. The topological polar surface area (TPSA) is 93.1 Å². The first-order valence-corrected chi connectivity index (χ1v) is 8.69. The molecule has 0 atom stereocenters. The molecule has 1 aromatic heterocycles. The van der Waals surface area contributed by atoms with Crippen LogP contribution in [-0.4, -0.2) is 27.4 Å². The fourth-order valence-corrected chi connectivity index (χ4v) is 2.72. The highest BCUT2D eigenvalue weighted by molar-refractivity contribution is 6.03. The fourth-order valence-electron chi connectivity index (χ4n) is 2.72. The van der Waals surface area contributed by atoms with E-state index in [9.17, 15) is 18.8 Å². The molecule has 2 amide bonds. The number of hydrogen-bond acceptors (Lipinski definition) is 4. The largest absolute Gasteiger partial charge is 0.350 e. The zero-order valence-electron chi connectivity index (χ0n) is 15.4. The fraction of sp³-hybridized carbons (Fsp3) is 0.200. The van der Waals surface area contributed by atoms with E-state index >= 15 is 0 Å². The van der Waals surface area contributed by atoms with Crippen LogP contribution in [0, 0.1) is 5.82 Å². The lowest BCUT2D eigenvalue weighted by Crippen LogP contribution is -2.32. The summed E-state index contributed by atoms with van der Waals surface area (Å²) in [4.78, 5) is 41.3. The van der Waals surface area contributed by atoms with Gasteiger partial charge in [-0.1, -0.05) is 12.1 Å². The molecule has 2 aromatic carbocycles. The Morgan fingerprint density at radius 2 is 1.93 bits per heavy atom. The lowest BCUT2D eigenvalue weighted by molar-refractivity contribution is -0.116. The summed E-state index contributed by atoms with van der Waals surface area (Å²) >= 11 is 0. The molecular weight excluding hydrogens is 363 g/mol. The summed E-state index contributed by atoms with van der Waals surface area (Å²) in [6.07, 6.45) is 1.24. The first-order valence-electron chi connectivity index (χ1n) is 8.69. The molecule has 0 aliphatic carbocycles. The van der Waals surface area contributed by atoms with Crippen LogP contribution >= 0.6 is 0 Å². The van der Waals surface area contributed by atoms with Gasteiger partial charge in [-0.3, -0.25) is 19.0 Å². The number of hydrogen-bond donors (Lipinski definition) is 2.